The number of ether oxygens (including phenoxy) is 2. The van der Waals surface area contributed by atoms with E-state index in [1.165, 1.54) is 0 Å². The number of hydrogen-bond donors (Lipinski definition) is 2. The first-order chi connectivity index (χ1) is 21.8. The standard InChI is InChI=1S/C32H42N6O7/c1-3-5-12-24(30(40)36-13-15-37(16-14-36)31(41)44-17-6-4-2)34-29(39)25-18-26(35-28(33-25)21-10-8-7-9-11-21)38-19-22-23(20-38)27(22)45-32(42)43/h7-11,18,22-24,27H,3-6,12-17,19-20H2,1-2H3,(H,34,39)(H,42,43)/t22-,23+,24-,27-/m0/s1. The molecule has 0 spiro atoms. The van der Waals surface area contributed by atoms with E-state index in [1.807, 2.05) is 49.1 Å². The summed E-state index contributed by atoms with van der Waals surface area (Å²) in [7, 11) is 0. The van der Waals surface area contributed by atoms with Gasteiger partial charge in [0, 0.05) is 62.7 Å². The minimum atomic E-state index is -1.27. The van der Waals surface area contributed by atoms with E-state index in [2.05, 4.69) is 10.3 Å². The molecule has 5 rings (SSSR count). The second kappa shape index (κ2) is 14.6. The van der Waals surface area contributed by atoms with Gasteiger partial charge in [-0.1, -0.05) is 63.4 Å². The quantitative estimate of drug-likeness (QED) is 0.265. The summed E-state index contributed by atoms with van der Waals surface area (Å²) in [6.07, 6.45) is 1.89. The first-order valence-corrected chi connectivity index (χ1v) is 15.9. The molecule has 2 aliphatic heterocycles. The van der Waals surface area contributed by atoms with Crippen molar-refractivity contribution in [3.05, 3.63) is 42.1 Å². The third kappa shape index (κ3) is 7.81. The smallest absolute Gasteiger partial charge is 0.450 e. The second-order valence-electron chi connectivity index (χ2n) is 11.8. The first-order valence-electron chi connectivity index (χ1n) is 15.9. The molecule has 1 aromatic carbocycles. The number of nitrogens with zero attached hydrogens (tertiary/aromatic N) is 5. The Hall–Kier alpha value is -4.42. The molecule has 0 unspecified atom stereocenters. The molecule has 4 atom stereocenters. The van der Waals surface area contributed by atoms with Crippen LogP contribution in [-0.4, -0.2) is 107 Å². The average Bonchev–Trinajstić information content (AvgIpc) is 3.47. The van der Waals surface area contributed by atoms with Crippen molar-refractivity contribution in [3.63, 3.8) is 0 Å². The zero-order chi connectivity index (χ0) is 31.9. The van der Waals surface area contributed by atoms with Gasteiger partial charge in [0.2, 0.25) is 5.91 Å². The van der Waals surface area contributed by atoms with Crippen molar-refractivity contribution < 1.29 is 33.8 Å². The molecule has 2 N–H and O–H groups in total. The molecule has 1 aliphatic carbocycles. The molecule has 13 nitrogen and oxygen atoms in total. The van der Waals surface area contributed by atoms with Crippen LogP contribution in [0, 0.1) is 11.8 Å². The number of amides is 3. The average molecular weight is 623 g/mol. The van der Waals surface area contributed by atoms with Gasteiger partial charge in [0.1, 0.15) is 23.7 Å². The Morgan fingerprint density at radius 3 is 2.27 bits per heavy atom. The van der Waals surface area contributed by atoms with Crippen LogP contribution in [-0.2, 0) is 14.3 Å². The molecule has 3 aliphatic rings. The number of anilines is 1. The number of piperazine rings is 1. The fourth-order valence-corrected chi connectivity index (χ4v) is 6.00. The van der Waals surface area contributed by atoms with Crippen LogP contribution >= 0.6 is 0 Å². The predicted molar refractivity (Wildman–Crippen MR) is 165 cm³/mol. The van der Waals surface area contributed by atoms with Crippen molar-refractivity contribution in [2.45, 2.75) is 58.1 Å². The SMILES string of the molecule is CCCCOC(=O)N1CCN(C(=O)[C@H](CCCC)NC(=O)c2cc(N3C[C@@H]4[C@H](C3)[C@@H]4OC(=O)O)nc(-c3ccccc3)n2)CC1. The van der Waals surface area contributed by atoms with Gasteiger partial charge in [-0.05, 0) is 12.8 Å². The molecular formula is C32H42N6O7. The minimum absolute atomic E-state index is 0.0863. The minimum Gasteiger partial charge on any atom is -0.450 e. The summed E-state index contributed by atoms with van der Waals surface area (Å²) in [6, 6.07) is 10.2. The van der Waals surface area contributed by atoms with Gasteiger partial charge in [-0.25, -0.2) is 19.6 Å². The van der Waals surface area contributed by atoms with E-state index in [0.717, 1.165) is 31.2 Å². The summed E-state index contributed by atoms with van der Waals surface area (Å²) < 4.78 is 10.3. The highest BCUT2D eigenvalue weighted by molar-refractivity contribution is 5.97. The summed E-state index contributed by atoms with van der Waals surface area (Å²) >= 11 is 0. The molecule has 0 radical (unpaired) electrons. The summed E-state index contributed by atoms with van der Waals surface area (Å²) in [6.45, 7) is 7.03. The van der Waals surface area contributed by atoms with Gasteiger partial charge in [0.05, 0.1) is 6.61 Å². The van der Waals surface area contributed by atoms with Gasteiger partial charge in [-0.3, -0.25) is 9.59 Å². The third-order valence-electron chi connectivity index (χ3n) is 8.68. The van der Waals surface area contributed by atoms with Crippen LogP contribution in [0.1, 0.15) is 56.4 Å². The number of carboxylic acid groups (broad SMARTS) is 1. The number of benzene rings is 1. The van der Waals surface area contributed by atoms with E-state index in [0.29, 0.717) is 63.9 Å². The van der Waals surface area contributed by atoms with Crippen molar-refractivity contribution in [2.75, 3.05) is 50.8 Å². The predicted octanol–water partition coefficient (Wildman–Crippen LogP) is 3.64. The maximum atomic E-state index is 13.7. The lowest BCUT2D eigenvalue weighted by Gasteiger charge is -2.36. The van der Waals surface area contributed by atoms with Crippen LogP contribution in [0.15, 0.2) is 36.4 Å². The van der Waals surface area contributed by atoms with Gasteiger partial charge in [-0.2, -0.15) is 0 Å². The molecule has 13 heteroatoms. The molecule has 0 bridgehead atoms. The number of rotatable bonds is 12. The van der Waals surface area contributed by atoms with Crippen LogP contribution < -0.4 is 10.2 Å². The Balaban J connectivity index is 1.28. The highest BCUT2D eigenvalue weighted by atomic mass is 16.7. The van der Waals surface area contributed by atoms with Crippen molar-refractivity contribution in [2.24, 2.45) is 11.8 Å². The number of piperidine rings is 1. The Morgan fingerprint density at radius 1 is 0.956 bits per heavy atom. The third-order valence-corrected chi connectivity index (χ3v) is 8.68. The lowest BCUT2D eigenvalue weighted by atomic mass is 10.1. The van der Waals surface area contributed by atoms with Crippen LogP contribution in [0.2, 0.25) is 0 Å². The molecule has 242 valence electrons. The van der Waals surface area contributed by atoms with E-state index >= 15 is 0 Å². The normalized spacial score (nSPS) is 21.1. The van der Waals surface area contributed by atoms with Crippen LogP contribution in [0.4, 0.5) is 15.4 Å². The van der Waals surface area contributed by atoms with Crippen LogP contribution in [0.25, 0.3) is 11.4 Å². The molecule has 3 fully saturated rings. The lowest BCUT2D eigenvalue weighted by molar-refractivity contribution is -0.135. The van der Waals surface area contributed by atoms with E-state index in [4.69, 9.17) is 19.6 Å². The largest absolute Gasteiger partial charge is 0.506 e. The van der Waals surface area contributed by atoms with E-state index in [1.54, 1.807) is 15.9 Å². The Bertz CT molecular complexity index is 1360. The Morgan fingerprint density at radius 2 is 1.62 bits per heavy atom. The Kier molecular flexibility index (Phi) is 10.4. The summed E-state index contributed by atoms with van der Waals surface area (Å²) in [5.41, 5.74) is 0.890. The molecule has 3 amide bonds. The second-order valence-corrected chi connectivity index (χ2v) is 11.8. The monoisotopic (exact) mass is 622 g/mol. The first kappa shape index (κ1) is 32.0. The molecule has 1 aromatic heterocycles. The molecule has 3 heterocycles. The molecule has 2 aromatic rings. The van der Waals surface area contributed by atoms with Crippen LogP contribution in [0.3, 0.4) is 0 Å². The van der Waals surface area contributed by atoms with E-state index in [9.17, 15) is 19.2 Å². The van der Waals surface area contributed by atoms with Gasteiger partial charge in [-0.15, -0.1) is 0 Å². The number of fused-ring (bicyclic) bond motifs is 1. The van der Waals surface area contributed by atoms with Crippen molar-refractivity contribution >= 4 is 29.9 Å². The number of carbonyl (C=O) groups is 4. The van der Waals surface area contributed by atoms with Crippen molar-refractivity contribution in [1.82, 2.24) is 25.1 Å². The molecule has 1 saturated carbocycles. The topological polar surface area (TPSA) is 154 Å². The lowest BCUT2D eigenvalue weighted by Crippen LogP contribution is -2.56. The number of carbonyl (C=O) groups excluding carboxylic acids is 3. The zero-order valence-corrected chi connectivity index (χ0v) is 25.9. The Labute approximate surface area is 262 Å². The van der Waals surface area contributed by atoms with Gasteiger partial charge >= 0.3 is 12.2 Å². The molecule has 2 saturated heterocycles. The maximum absolute atomic E-state index is 13.7. The number of aromatic nitrogens is 2. The van der Waals surface area contributed by atoms with Crippen LogP contribution in [0.5, 0.6) is 0 Å². The van der Waals surface area contributed by atoms with E-state index < -0.39 is 18.1 Å². The van der Waals surface area contributed by atoms with E-state index in [-0.39, 0.29) is 35.6 Å². The summed E-state index contributed by atoms with van der Waals surface area (Å²) in [4.78, 5) is 65.4. The fourth-order valence-electron chi connectivity index (χ4n) is 6.00. The summed E-state index contributed by atoms with van der Waals surface area (Å²) in [5.74, 6) is 0.466. The number of hydrogen-bond acceptors (Lipinski definition) is 9. The zero-order valence-electron chi connectivity index (χ0n) is 25.9. The van der Waals surface area contributed by atoms with Gasteiger partial charge in [0.25, 0.3) is 5.91 Å². The van der Waals surface area contributed by atoms with Crippen molar-refractivity contribution in [3.8, 4) is 11.4 Å². The fraction of sp³-hybridized carbons (Fsp3) is 0.562. The van der Waals surface area contributed by atoms with Gasteiger partial charge < -0.3 is 34.6 Å². The number of nitrogens with one attached hydrogen (secondary N) is 1. The number of unbranched alkanes of at least 4 members (excludes halogenated alkanes) is 2. The summed E-state index contributed by atoms with van der Waals surface area (Å²) in [5, 5.41) is 11.9. The highest BCUT2D eigenvalue weighted by Gasteiger charge is 2.59. The highest BCUT2D eigenvalue weighted by Crippen LogP contribution is 2.48. The molecular weight excluding hydrogens is 580 g/mol. The maximum Gasteiger partial charge on any atom is 0.506 e. The van der Waals surface area contributed by atoms with Gasteiger partial charge in [0.15, 0.2) is 5.82 Å². The van der Waals surface area contributed by atoms with Crippen molar-refractivity contribution in [1.29, 1.82) is 0 Å². The molecule has 45 heavy (non-hydrogen) atoms.